The maximum atomic E-state index is 13.3. The van der Waals surface area contributed by atoms with Crippen molar-refractivity contribution in [1.29, 1.82) is 0 Å². The molecule has 2 aromatic rings. The molecule has 0 atom stereocenters. The Morgan fingerprint density at radius 3 is 2.11 bits per heavy atom. The molecule has 0 radical (unpaired) electrons. The highest BCUT2D eigenvalue weighted by Gasteiger charge is 2.33. The number of benzene rings is 1. The molecule has 0 fully saturated rings. The number of anilines is 1. The zero-order valence-corrected chi connectivity index (χ0v) is 8.87. The highest BCUT2D eigenvalue weighted by molar-refractivity contribution is 5.62. The molecule has 0 amide bonds. The summed E-state index contributed by atoms with van der Waals surface area (Å²) in [6, 6.07) is 2.62. The second-order valence-corrected chi connectivity index (χ2v) is 3.52. The van der Waals surface area contributed by atoms with Crippen LogP contribution in [0.4, 0.5) is 23.5 Å². The fourth-order valence-corrected chi connectivity index (χ4v) is 1.41. The third-order valence-electron chi connectivity index (χ3n) is 2.28. The lowest BCUT2D eigenvalue weighted by atomic mass is 10.1. The van der Waals surface area contributed by atoms with Gasteiger partial charge in [-0.2, -0.15) is 13.2 Å². The molecule has 18 heavy (non-hydrogen) atoms. The first-order chi connectivity index (χ1) is 8.38. The third-order valence-corrected chi connectivity index (χ3v) is 2.28. The van der Waals surface area contributed by atoms with Gasteiger partial charge in [0.1, 0.15) is 5.82 Å². The summed E-state index contributed by atoms with van der Waals surface area (Å²) in [6.45, 7) is 0. The number of nitrogens with zero attached hydrogens (tertiary/aromatic N) is 2. The predicted molar refractivity (Wildman–Crippen MR) is 56.8 cm³/mol. The van der Waals surface area contributed by atoms with Crippen LogP contribution in [0, 0.1) is 5.82 Å². The molecule has 2 rings (SSSR count). The number of aromatic nitrogens is 2. The molecule has 0 unspecified atom stereocenters. The summed E-state index contributed by atoms with van der Waals surface area (Å²) in [7, 11) is 0. The Hall–Kier alpha value is -2.18. The van der Waals surface area contributed by atoms with Crippen LogP contribution in [0.5, 0.6) is 0 Å². The Labute approximate surface area is 99.3 Å². The quantitative estimate of drug-likeness (QED) is 0.799. The van der Waals surface area contributed by atoms with Crippen LogP contribution in [0.25, 0.3) is 11.1 Å². The molecule has 2 N–H and O–H groups in total. The van der Waals surface area contributed by atoms with Crippen LogP contribution < -0.4 is 5.73 Å². The van der Waals surface area contributed by atoms with Crippen molar-refractivity contribution in [3.8, 4) is 11.1 Å². The van der Waals surface area contributed by atoms with Gasteiger partial charge in [-0.25, -0.2) is 14.4 Å². The first kappa shape index (κ1) is 12.3. The van der Waals surface area contributed by atoms with Crippen molar-refractivity contribution in [3.63, 3.8) is 0 Å². The Bertz CT molecular complexity index is 563. The smallest absolute Gasteiger partial charge is 0.368 e. The van der Waals surface area contributed by atoms with Gasteiger partial charge in [0.15, 0.2) is 0 Å². The Balaban J connectivity index is 2.43. The van der Waals surface area contributed by atoms with Crippen LogP contribution in [0.2, 0.25) is 0 Å². The van der Waals surface area contributed by atoms with Crippen LogP contribution in [0.15, 0.2) is 30.6 Å². The summed E-state index contributed by atoms with van der Waals surface area (Å²) in [5.41, 5.74) is 4.60. The van der Waals surface area contributed by atoms with Crippen LogP contribution >= 0.6 is 0 Å². The number of hydrogen-bond acceptors (Lipinski definition) is 3. The van der Waals surface area contributed by atoms with Gasteiger partial charge < -0.3 is 5.73 Å². The number of rotatable bonds is 1. The van der Waals surface area contributed by atoms with Crippen molar-refractivity contribution in [2.75, 3.05) is 5.73 Å². The van der Waals surface area contributed by atoms with E-state index in [-0.39, 0.29) is 11.5 Å². The van der Waals surface area contributed by atoms with E-state index in [9.17, 15) is 17.6 Å². The van der Waals surface area contributed by atoms with Crippen LogP contribution in [0.3, 0.4) is 0 Å². The van der Waals surface area contributed by atoms with Crippen molar-refractivity contribution in [2.45, 2.75) is 6.18 Å². The topological polar surface area (TPSA) is 51.8 Å². The Morgan fingerprint density at radius 2 is 1.61 bits per heavy atom. The van der Waals surface area contributed by atoms with E-state index in [0.717, 1.165) is 12.1 Å². The summed E-state index contributed by atoms with van der Waals surface area (Å²) in [6.07, 6.45) is -2.09. The lowest BCUT2D eigenvalue weighted by Gasteiger charge is -2.09. The molecular formula is C11H7F4N3. The lowest BCUT2D eigenvalue weighted by molar-refractivity contribution is -0.139. The zero-order chi connectivity index (χ0) is 13.3. The minimum absolute atomic E-state index is 0.0335. The molecule has 0 aliphatic rings. The Kier molecular flexibility index (Phi) is 2.90. The number of nitrogens with two attached hydrogens (primary N) is 1. The average Bonchev–Trinajstić information content (AvgIpc) is 2.28. The summed E-state index contributed by atoms with van der Waals surface area (Å²) in [5, 5.41) is 0. The number of alkyl halides is 3. The molecule has 0 aliphatic heterocycles. The van der Waals surface area contributed by atoms with E-state index in [2.05, 4.69) is 9.97 Å². The molecule has 1 aromatic carbocycles. The predicted octanol–water partition coefficient (Wildman–Crippen LogP) is 2.88. The van der Waals surface area contributed by atoms with Gasteiger partial charge in [-0.05, 0) is 17.7 Å². The molecule has 0 saturated heterocycles. The molecule has 7 heteroatoms. The zero-order valence-electron chi connectivity index (χ0n) is 8.87. The monoisotopic (exact) mass is 257 g/mol. The summed E-state index contributed by atoms with van der Waals surface area (Å²) >= 11 is 0. The highest BCUT2D eigenvalue weighted by Crippen LogP contribution is 2.33. The fourth-order valence-electron chi connectivity index (χ4n) is 1.41. The molecule has 0 saturated carbocycles. The van der Waals surface area contributed by atoms with Gasteiger partial charge in [0.25, 0.3) is 0 Å². The second-order valence-electron chi connectivity index (χ2n) is 3.52. The van der Waals surface area contributed by atoms with Crippen molar-refractivity contribution >= 4 is 5.95 Å². The molecule has 0 aliphatic carbocycles. The van der Waals surface area contributed by atoms with Gasteiger partial charge >= 0.3 is 6.18 Å². The van der Waals surface area contributed by atoms with E-state index in [1.165, 1.54) is 12.4 Å². The van der Waals surface area contributed by atoms with E-state index >= 15 is 0 Å². The largest absolute Gasteiger partial charge is 0.419 e. The summed E-state index contributed by atoms with van der Waals surface area (Å²) < 4.78 is 50.4. The van der Waals surface area contributed by atoms with Crippen LogP contribution in [-0.2, 0) is 6.18 Å². The molecule has 1 heterocycles. The highest BCUT2D eigenvalue weighted by atomic mass is 19.4. The standard InChI is InChI=1S/C11H7F4N3/c12-9-3-6(1-2-8(9)11(13,14)15)7-4-17-10(16)18-5-7/h1-5H,(H2,16,17,18). The van der Waals surface area contributed by atoms with Crippen LogP contribution in [-0.4, -0.2) is 9.97 Å². The van der Waals surface area contributed by atoms with Crippen molar-refractivity contribution < 1.29 is 17.6 Å². The summed E-state index contributed by atoms with van der Waals surface area (Å²) in [4.78, 5) is 7.36. The average molecular weight is 257 g/mol. The molecule has 3 nitrogen and oxygen atoms in total. The van der Waals surface area contributed by atoms with E-state index in [4.69, 9.17) is 5.73 Å². The van der Waals surface area contributed by atoms with Crippen molar-refractivity contribution in [1.82, 2.24) is 9.97 Å². The number of nitrogen functional groups attached to an aromatic ring is 1. The first-order valence-corrected chi connectivity index (χ1v) is 4.82. The van der Waals surface area contributed by atoms with E-state index < -0.39 is 17.6 Å². The minimum Gasteiger partial charge on any atom is -0.368 e. The van der Waals surface area contributed by atoms with E-state index in [0.29, 0.717) is 11.6 Å². The number of hydrogen-bond donors (Lipinski definition) is 1. The molecule has 1 aromatic heterocycles. The first-order valence-electron chi connectivity index (χ1n) is 4.82. The SMILES string of the molecule is Nc1ncc(-c2ccc(C(F)(F)F)c(F)c2)cn1. The second kappa shape index (κ2) is 4.25. The minimum atomic E-state index is -4.71. The molecule has 0 spiro atoms. The van der Waals surface area contributed by atoms with Gasteiger partial charge in [-0.3, -0.25) is 0 Å². The maximum Gasteiger partial charge on any atom is 0.419 e. The third kappa shape index (κ3) is 2.39. The Morgan fingerprint density at radius 1 is 1.00 bits per heavy atom. The van der Waals surface area contributed by atoms with E-state index in [1.807, 2.05) is 0 Å². The van der Waals surface area contributed by atoms with Gasteiger partial charge in [0.05, 0.1) is 5.56 Å². The summed E-state index contributed by atoms with van der Waals surface area (Å²) in [5.74, 6) is -1.30. The molecular weight excluding hydrogens is 250 g/mol. The van der Waals surface area contributed by atoms with E-state index in [1.54, 1.807) is 0 Å². The fraction of sp³-hybridized carbons (Fsp3) is 0.0909. The van der Waals surface area contributed by atoms with Gasteiger partial charge in [0, 0.05) is 18.0 Å². The van der Waals surface area contributed by atoms with Crippen molar-refractivity contribution in [3.05, 3.63) is 42.0 Å². The van der Waals surface area contributed by atoms with Gasteiger partial charge in [-0.15, -0.1) is 0 Å². The number of halogens is 4. The van der Waals surface area contributed by atoms with Gasteiger partial charge in [-0.1, -0.05) is 6.07 Å². The lowest BCUT2D eigenvalue weighted by Crippen LogP contribution is -2.07. The maximum absolute atomic E-state index is 13.3. The molecule has 0 bridgehead atoms. The van der Waals surface area contributed by atoms with Gasteiger partial charge in [0.2, 0.25) is 5.95 Å². The normalized spacial score (nSPS) is 11.6. The molecule has 94 valence electrons. The van der Waals surface area contributed by atoms with Crippen LogP contribution in [0.1, 0.15) is 5.56 Å². The van der Waals surface area contributed by atoms with Crippen molar-refractivity contribution in [2.24, 2.45) is 0 Å².